The van der Waals surface area contributed by atoms with Crippen LogP contribution in [0.4, 0.5) is 5.69 Å². The van der Waals surface area contributed by atoms with E-state index in [-0.39, 0.29) is 23.1 Å². The van der Waals surface area contributed by atoms with Gasteiger partial charge in [0.25, 0.3) is 0 Å². The molecule has 0 aliphatic rings. The first kappa shape index (κ1) is 14.8. The second kappa shape index (κ2) is 6.06. The van der Waals surface area contributed by atoms with E-state index >= 15 is 0 Å². The summed E-state index contributed by atoms with van der Waals surface area (Å²) in [6, 6.07) is 4.73. The molecule has 2 N–H and O–H groups in total. The molecular formula is C11H14ClNO4S. The summed E-state index contributed by atoms with van der Waals surface area (Å²) in [5.41, 5.74) is 6.25. The van der Waals surface area contributed by atoms with E-state index in [1.165, 1.54) is 0 Å². The lowest BCUT2D eigenvalue weighted by atomic mass is 10.2. The van der Waals surface area contributed by atoms with E-state index < -0.39 is 21.6 Å². The molecule has 0 atom stereocenters. The molecule has 0 aliphatic carbocycles. The molecule has 0 bridgehead atoms. The van der Waals surface area contributed by atoms with Crippen LogP contribution < -0.4 is 5.73 Å². The van der Waals surface area contributed by atoms with Crippen molar-refractivity contribution in [3.05, 3.63) is 28.8 Å². The van der Waals surface area contributed by atoms with Crippen molar-refractivity contribution in [3.63, 3.8) is 0 Å². The minimum Gasteiger partial charge on any atom is -0.465 e. The number of nitrogens with two attached hydrogens (primary N) is 1. The fourth-order valence-electron chi connectivity index (χ4n) is 1.38. The van der Waals surface area contributed by atoms with Crippen LogP contribution in [-0.2, 0) is 25.1 Å². The van der Waals surface area contributed by atoms with Gasteiger partial charge in [-0.2, -0.15) is 0 Å². The van der Waals surface area contributed by atoms with E-state index in [0.29, 0.717) is 5.56 Å². The maximum Gasteiger partial charge on any atom is 0.321 e. The topological polar surface area (TPSA) is 86.5 Å². The third kappa shape index (κ3) is 4.19. The summed E-state index contributed by atoms with van der Waals surface area (Å²) in [5, 5.41) is 0.266. The molecule has 1 aromatic rings. The van der Waals surface area contributed by atoms with E-state index in [1.807, 2.05) is 0 Å². The average molecular weight is 292 g/mol. The molecule has 0 saturated carbocycles. The van der Waals surface area contributed by atoms with Gasteiger partial charge in [-0.1, -0.05) is 17.7 Å². The van der Waals surface area contributed by atoms with Gasteiger partial charge in [0.1, 0.15) is 5.75 Å². The molecule has 0 saturated heterocycles. The highest BCUT2D eigenvalue weighted by Crippen LogP contribution is 2.24. The summed E-state index contributed by atoms with van der Waals surface area (Å²) < 4.78 is 28.1. The largest absolute Gasteiger partial charge is 0.465 e. The Balaban J connectivity index is 2.86. The van der Waals surface area contributed by atoms with Crippen molar-refractivity contribution in [2.75, 3.05) is 18.1 Å². The van der Waals surface area contributed by atoms with Gasteiger partial charge in [0, 0.05) is 16.3 Å². The first-order valence-electron chi connectivity index (χ1n) is 5.24. The highest BCUT2D eigenvalue weighted by Gasteiger charge is 2.20. The Morgan fingerprint density at radius 2 is 2.11 bits per heavy atom. The maximum absolute atomic E-state index is 11.8. The fraction of sp³-hybridized carbons (Fsp3) is 0.364. The predicted molar refractivity (Wildman–Crippen MR) is 70.0 cm³/mol. The van der Waals surface area contributed by atoms with Crippen LogP contribution in [0, 0.1) is 0 Å². The summed E-state index contributed by atoms with van der Waals surface area (Å²) in [6.07, 6.45) is 0. The number of ether oxygens (including phenoxy) is 1. The van der Waals surface area contributed by atoms with Gasteiger partial charge >= 0.3 is 5.97 Å². The van der Waals surface area contributed by atoms with Gasteiger partial charge in [-0.15, -0.1) is 0 Å². The van der Waals surface area contributed by atoms with Crippen molar-refractivity contribution >= 4 is 33.1 Å². The predicted octanol–water partition coefficient (Wildman–Crippen LogP) is 1.40. The first-order chi connectivity index (χ1) is 8.35. The third-order valence-electron chi connectivity index (χ3n) is 2.16. The number of esters is 1. The van der Waals surface area contributed by atoms with Gasteiger partial charge in [-0.05, 0) is 19.1 Å². The van der Waals surface area contributed by atoms with Crippen molar-refractivity contribution in [1.82, 2.24) is 0 Å². The lowest BCUT2D eigenvalue weighted by Gasteiger charge is -2.08. The zero-order valence-corrected chi connectivity index (χ0v) is 11.4. The Morgan fingerprint density at radius 3 is 2.67 bits per heavy atom. The summed E-state index contributed by atoms with van der Waals surface area (Å²) in [5.74, 6) is -1.83. The molecule has 5 nitrogen and oxygen atoms in total. The molecule has 0 radical (unpaired) electrons. The van der Waals surface area contributed by atoms with Crippen molar-refractivity contribution < 1.29 is 17.9 Å². The highest BCUT2D eigenvalue weighted by atomic mass is 35.5. The number of nitrogen functional groups attached to an aromatic ring is 1. The van der Waals surface area contributed by atoms with Gasteiger partial charge in [0.2, 0.25) is 0 Å². The molecule has 0 amide bonds. The van der Waals surface area contributed by atoms with Crippen LogP contribution in [0.3, 0.4) is 0 Å². The Kier molecular flexibility index (Phi) is 4.98. The van der Waals surface area contributed by atoms with Crippen molar-refractivity contribution in [2.24, 2.45) is 0 Å². The van der Waals surface area contributed by atoms with Gasteiger partial charge in [-0.3, -0.25) is 4.79 Å². The zero-order valence-electron chi connectivity index (χ0n) is 9.85. The molecule has 0 aliphatic heterocycles. The molecular weight excluding hydrogens is 278 g/mol. The van der Waals surface area contributed by atoms with E-state index in [2.05, 4.69) is 4.74 Å². The Bertz CT molecular complexity index is 522. The van der Waals surface area contributed by atoms with Crippen molar-refractivity contribution in [1.29, 1.82) is 0 Å². The number of benzene rings is 1. The highest BCUT2D eigenvalue weighted by molar-refractivity contribution is 7.91. The number of halogens is 1. The molecule has 1 rings (SSSR count). The van der Waals surface area contributed by atoms with E-state index in [1.54, 1.807) is 25.1 Å². The molecule has 0 spiro atoms. The van der Waals surface area contributed by atoms with Crippen LogP contribution in [0.5, 0.6) is 0 Å². The molecule has 1 aromatic carbocycles. The van der Waals surface area contributed by atoms with Crippen molar-refractivity contribution in [3.8, 4) is 0 Å². The van der Waals surface area contributed by atoms with Gasteiger partial charge < -0.3 is 10.5 Å². The van der Waals surface area contributed by atoms with Gasteiger partial charge in [0.05, 0.1) is 12.4 Å². The molecule has 100 valence electrons. The molecule has 0 heterocycles. The number of anilines is 1. The number of hydrogen-bond acceptors (Lipinski definition) is 5. The summed E-state index contributed by atoms with van der Waals surface area (Å²) in [6.45, 7) is 1.75. The first-order valence-corrected chi connectivity index (χ1v) is 7.44. The maximum atomic E-state index is 11.8. The van der Waals surface area contributed by atoms with E-state index in [9.17, 15) is 13.2 Å². The number of hydrogen-bond donors (Lipinski definition) is 1. The number of sulfone groups is 1. The normalized spacial score (nSPS) is 11.2. The zero-order chi connectivity index (χ0) is 13.8. The second-order valence-corrected chi connectivity index (χ2v) is 6.12. The minimum atomic E-state index is -3.64. The lowest BCUT2D eigenvalue weighted by molar-refractivity contribution is -0.139. The Morgan fingerprint density at radius 1 is 1.44 bits per heavy atom. The fourth-order valence-corrected chi connectivity index (χ4v) is 3.02. The number of rotatable bonds is 5. The lowest BCUT2D eigenvalue weighted by Crippen LogP contribution is -2.20. The number of carbonyl (C=O) groups excluding carboxylic acids is 1. The standard InChI is InChI=1S/C11H14ClNO4S/c1-2-17-11(14)7-18(15,16)6-8-9(12)4-3-5-10(8)13/h3-5H,2,6-7,13H2,1H3. The number of carbonyl (C=O) groups is 1. The Labute approximate surface area is 111 Å². The minimum absolute atomic E-state index is 0.141. The summed E-state index contributed by atoms with van der Waals surface area (Å²) in [4.78, 5) is 11.2. The second-order valence-electron chi connectivity index (χ2n) is 3.64. The van der Waals surface area contributed by atoms with Gasteiger partial charge in [0.15, 0.2) is 9.84 Å². The van der Waals surface area contributed by atoms with E-state index in [4.69, 9.17) is 17.3 Å². The van der Waals surface area contributed by atoms with Crippen LogP contribution in [0.25, 0.3) is 0 Å². The van der Waals surface area contributed by atoms with Crippen LogP contribution >= 0.6 is 11.6 Å². The van der Waals surface area contributed by atoms with Crippen LogP contribution in [-0.4, -0.2) is 26.7 Å². The molecule has 18 heavy (non-hydrogen) atoms. The van der Waals surface area contributed by atoms with Crippen LogP contribution in [0.2, 0.25) is 5.02 Å². The average Bonchev–Trinajstić information content (AvgIpc) is 2.23. The van der Waals surface area contributed by atoms with Crippen LogP contribution in [0.15, 0.2) is 18.2 Å². The molecule has 0 unspecified atom stereocenters. The monoisotopic (exact) mass is 291 g/mol. The SMILES string of the molecule is CCOC(=O)CS(=O)(=O)Cc1c(N)cccc1Cl. The third-order valence-corrected chi connectivity index (χ3v) is 3.92. The molecule has 7 heteroatoms. The summed E-state index contributed by atoms with van der Waals surface area (Å²) >= 11 is 5.87. The van der Waals surface area contributed by atoms with Gasteiger partial charge in [-0.25, -0.2) is 8.42 Å². The quantitative estimate of drug-likeness (QED) is 0.654. The molecule has 0 aromatic heterocycles. The van der Waals surface area contributed by atoms with Crippen molar-refractivity contribution in [2.45, 2.75) is 12.7 Å². The smallest absolute Gasteiger partial charge is 0.321 e. The van der Waals surface area contributed by atoms with Crippen LogP contribution in [0.1, 0.15) is 12.5 Å². The summed E-state index contributed by atoms with van der Waals surface area (Å²) in [7, 11) is -3.64. The molecule has 0 fully saturated rings. The van der Waals surface area contributed by atoms with E-state index in [0.717, 1.165) is 0 Å². The Hall–Kier alpha value is -1.27.